The second kappa shape index (κ2) is 8.18. The van der Waals surface area contributed by atoms with Gasteiger partial charge in [0.25, 0.3) is 0 Å². The molecule has 0 aliphatic heterocycles. The van der Waals surface area contributed by atoms with Crippen molar-refractivity contribution in [1.82, 2.24) is 10.6 Å². The molecular weight excluding hydrogens is 260 g/mol. The average Bonchev–Trinajstić information content (AvgIpc) is 2.54. The summed E-state index contributed by atoms with van der Waals surface area (Å²) in [5, 5.41) is 6.81. The smallest absolute Gasteiger partial charge is 0.227 e. The molecule has 0 heterocycles. The van der Waals surface area contributed by atoms with Crippen molar-refractivity contribution in [2.75, 3.05) is 6.54 Å². The maximum Gasteiger partial charge on any atom is 0.227 e. The van der Waals surface area contributed by atoms with Crippen molar-refractivity contribution in [1.29, 1.82) is 0 Å². The fourth-order valence-corrected chi connectivity index (χ4v) is 3.01. The van der Waals surface area contributed by atoms with Crippen LogP contribution in [0.1, 0.15) is 57.4 Å². The van der Waals surface area contributed by atoms with Gasteiger partial charge in [0, 0.05) is 12.1 Å². The Morgan fingerprint density at radius 2 is 1.76 bits per heavy atom. The Labute approximate surface area is 128 Å². The van der Waals surface area contributed by atoms with E-state index < -0.39 is 0 Å². The lowest BCUT2D eigenvalue weighted by molar-refractivity contribution is -0.123. The summed E-state index contributed by atoms with van der Waals surface area (Å²) in [5.74, 6) is 0.0910. The van der Waals surface area contributed by atoms with Crippen LogP contribution in [0.2, 0.25) is 0 Å². The third-order valence-electron chi connectivity index (χ3n) is 4.45. The van der Waals surface area contributed by atoms with E-state index in [-0.39, 0.29) is 11.8 Å². The first-order valence-electron chi connectivity index (χ1n) is 8.29. The number of carbonyl (C=O) groups is 1. The fraction of sp³-hybridized carbons (Fsp3) is 0.611. The first kappa shape index (κ1) is 16.0. The maximum atomic E-state index is 12.3. The molecule has 1 fully saturated rings. The van der Waals surface area contributed by atoms with E-state index in [1.165, 1.54) is 19.3 Å². The van der Waals surface area contributed by atoms with Crippen molar-refractivity contribution in [2.24, 2.45) is 0 Å². The number of benzene rings is 1. The van der Waals surface area contributed by atoms with Gasteiger partial charge in [0.15, 0.2) is 0 Å². The summed E-state index contributed by atoms with van der Waals surface area (Å²) < 4.78 is 0. The lowest BCUT2D eigenvalue weighted by Gasteiger charge is -2.30. The molecule has 0 bridgehead atoms. The molecule has 21 heavy (non-hydrogen) atoms. The molecule has 1 unspecified atom stereocenters. The molecule has 0 saturated heterocycles. The van der Waals surface area contributed by atoms with Gasteiger partial charge in [-0.15, -0.1) is 0 Å². The van der Waals surface area contributed by atoms with Crippen molar-refractivity contribution in [3.63, 3.8) is 0 Å². The Kier molecular flexibility index (Phi) is 6.24. The van der Waals surface area contributed by atoms with Crippen LogP contribution in [0, 0.1) is 0 Å². The molecule has 1 amide bonds. The van der Waals surface area contributed by atoms with Crippen molar-refractivity contribution < 1.29 is 4.79 Å². The highest BCUT2D eigenvalue weighted by Gasteiger charge is 2.24. The lowest BCUT2D eigenvalue weighted by Crippen LogP contribution is -2.43. The Morgan fingerprint density at radius 1 is 1.14 bits per heavy atom. The number of rotatable bonds is 6. The monoisotopic (exact) mass is 288 g/mol. The van der Waals surface area contributed by atoms with Crippen LogP contribution < -0.4 is 10.6 Å². The predicted molar refractivity (Wildman–Crippen MR) is 87.3 cm³/mol. The number of hydrogen-bond acceptors (Lipinski definition) is 2. The molecule has 3 nitrogen and oxygen atoms in total. The number of hydrogen-bond donors (Lipinski definition) is 2. The van der Waals surface area contributed by atoms with E-state index in [0.717, 1.165) is 24.9 Å². The van der Waals surface area contributed by atoms with Gasteiger partial charge in [0.1, 0.15) is 0 Å². The average molecular weight is 288 g/mol. The third-order valence-corrected chi connectivity index (χ3v) is 4.45. The summed E-state index contributed by atoms with van der Waals surface area (Å²) in [6.45, 7) is 5.29. The predicted octanol–water partition coefficient (Wildman–Crippen LogP) is 3.22. The number of carbonyl (C=O) groups excluding carboxylic acids is 1. The van der Waals surface area contributed by atoms with E-state index in [2.05, 4.69) is 17.6 Å². The van der Waals surface area contributed by atoms with Gasteiger partial charge in [0.05, 0.1) is 5.92 Å². The van der Waals surface area contributed by atoms with Crippen molar-refractivity contribution in [2.45, 2.75) is 64.0 Å². The van der Waals surface area contributed by atoms with E-state index in [1.54, 1.807) is 0 Å². The Hall–Kier alpha value is -1.35. The van der Waals surface area contributed by atoms with Gasteiger partial charge in [-0.25, -0.2) is 0 Å². The lowest BCUT2D eigenvalue weighted by atomic mass is 9.90. The zero-order chi connectivity index (χ0) is 15.1. The van der Waals surface area contributed by atoms with Gasteiger partial charge in [-0.2, -0.15) is 0 Å². The van der Waals surface area contributed by atoms with Crippen LogP contribution in [0.4, 0.5) is 0 Å². The molecule has 116 valence electrons. The quantitative estimate of drug-likeness (QED) is 0.844. The zero-order valence-corrected chi connectivity index (χ0v) is 13.3. The summed E-state index contributed by atoms with van der Waals surface area (Å²) in [7, 11) is 0. The van der Waals surface area contributed by atoms with Crippen LogP contribution in [0.5, 0.6) is 0 Å². The molecule has 1 atom stereocenters. The molecule has 2 rings (SSSR count). The third kappa shape index (κ3) is 4.85. The second-order valence-corrected chi connectivity index (χ2v) is 6.14. The van der Waals surface area contributed by atoms with Crippen LogP contribution in [-0.4, -0.2) is 24.5 Å². The van der Waals surface area contributed by atoms with E-state index in [0.29, 0.717) is 12.1 Å². The standard InChI is InChI=1S/C18H28N2O/c1-3-13-19-16-9-11-17(12-10-16)20-18(21)14(2)15-7-5-4-6-8-15/h4-8,14,16-17,19H,3,9-13H2,1-2H3,(H,20,21). The molecule has 1 saturated carbocycles. The molecule has 1 aliphatic carbocycles. The molecule has 2 N–H and O–H groups in total. The highest BCUT2D eigenvalue weighted by atomic mass is 16.1. The molecule has 1 aromatic rings. The van der Waals surface area contributed by atoms with Crippen LogP contribution in [0.3, 0.4) is 0 Å². The summed E-state index contributed by atoms with van der Waals surface area (Å²) in [5.41, 5.74) is 1.09. The van der Waals surface area contributed by atoms with Gasteiger partial charge in [-0.1, -0.05) is 37.3 Å². The molecular formula is C18H28N2O. The Balaban J connectivity index is 1.77. The van der Waals surface area contributed by atoms with Crippen molar-refractivity contribution in [3.05, 3.63) is 35.9 Å². The summed E-state index contributed by atoms with van der Waals surface area (Å²) >= 11 is 0. The summed E-state index contributed by atoms with van der Waals surface area (Å²) in [4.78, 5) is 12.3. The van der Waals surface area contributed by atoms with E-state index >= 15 is 0 Å². The van der Waals surface area contributed by atoms with Crippen molar-refractivity contribution in [3.8, 4) is 0 Å². The SMILES string of the molecule is CCCNC1CCC(NC(=O)C(C)c2ccccc2)CC1. The molecule has 1 aliphatic rings. The first-order chi connectivity index (χ1) is 10.2. The minimum absolute atomic E-state index is 0.0675. The topological polar surface area (TPSA) is 41.1 Å². The highest BCUT2D eigenvalue weighted by molar-refractivity contribution is 5.83. The molecule has 3 heteroatoms. The van der Waals surface area contributed by atoms with Gasteiger partial charge in [-0.05, 0) is 51.1 Å². The Morgan fingerprint density at radius 3 is 2.38 bits per heavy atom. The van der Waals surface area contributed by atoms with Gasteiger partial charge in [-0.3, -0.25) is 4.79 Å². The van der Waals surface area contributed by atoms with Gasteiger partial charge >= 0.3 is 0 Å². The van der Waals surface area contributed by atoms with Crippen LogP contribution in [0.25, 0.3) is 0 Å². The number of amides is 1. The minimum atomic E-state index is -0.0675. The summed E-state index contributed by atoms with van der Waals surface area (Å²) in [6.07, 6.45) is 5.71. The minimum Gasteiger partial charge on any atom is -0.353 e. The van der Waals surface area contributed by atoms with E-state index in [1.807, 2.05) is 37.3 Å². The fourth-order valence-electron chi connectivity index (χ4n) is 3.01. The molecule has 0 spiro atoms. The van der Waals surface area contributed by atoms with Crippen LogP contribution in [0.15, 0.2) is 30.3 Å². The molecule has 1 aromatic carbocycles. The second-order valence-electron chi connectivity index (χ2n) is 6.14. The molecule has 0 radical (unpaired) electrons. The first-order valence-corrected chi connectivity index (χ1v) is 8.29. The van der Waals surface area contributed by atoms with Gasteiger partial charge < -0.3 is 10.6 Å². The van der Waals surface area contributed by atoms with Crippen molar-refractivity contribution >= 4 is 5.91 Å². The highest BCUT2D eigenvalue weighted by Crippen LogP contribution is 2.21. The largest absolute Gasteiger partial charge is 0.353 e. The van der Waals surface area contributed by atoms with Crippen LogP contribution in [-0.2, 0) is 4.79 Å². The molecule has 0 aromatic heterocycles. The normalized spacial score (nSPS) is 23.5. The van der Waals surface area contributed by atoms with E-state index in [9.17, 15) is 4.79 Å². The number of nitrogens with one attached hydrogen (secondary N) is 2. The van der Waals surface area contributed by atoms with Gasteiger partial charge in [0.2, 0.25) is 5.91 Å². The van der Waals surface area contributed by atoms with E-state index in [4.69, 9.17) is 0 Å². The Bertz CT molecular complexity index is 424. The maximum absolute atomic E-state index is 12.3. The zero-order valence-electron chi connectivity index (χ0n) is 13.3. The van der Waals surface area contributed by atoms with Crippen LogP contribution >= 0.6 is 0 Å². The summed E-state index contributed by atoms with van der Waals surface area (Å²) in [6, 6.07) is 11.0.